The first-order valence-electron chi connectivity index (χ1n) is 8.79. The van der Waals surface area contributed by atoms with Gasteiger partial charge in [0.05, 0.1) is 25.6 Å². The molecule has 0 spiro atoms. The molecule has 0 saturated carbocycles. The molecule has 4 atom stereocenters. The molecule has 0 radical (unpaired) electrons. The minimum Gasteiger partial charge on any atom is -0.496 e. The molecule has 1 aliphatic heterocycles. The Bertz CT molecular complexity index is 1040. The third-order valence-corrected chi connectivity index (χ3v) is 4.73. The number of ether oxygens (including phenoxy) is 2. The van der Waals surface area contributed by atoms with E-state index < -0.39 is 37.1 Å². The summed E-state index contributed by atoms with van der Waals surface area (Å²) in [5.74, 6) is 0.133. The van der Waals surface area contributed by atoms with Crippen LogP contribution in [0.25, 0.3) is 11.2 Å². The number of imidazole rings is 1. The van der Waals surface area contributed by atoms with Crippen LogP contribution in [0.3, 0.4) is 0 Å². The molecular weight excluding hydrogens is 382 g/mol. The van der Waals surface area contributed by atoms with E-state index in [0.29, 0.717) is 11.3 Å². The molecule has 29 heavy (non-hydrogen) atoms. The van der Waals surface area contributed by atoms with Gasteiger partial charge in [0, 0.05) is 0 Å². The molecule has 3 heterocycles. The zero-order valence-corrected chi connectivity index (χ0v) is 15.3. The smallest absolute Gasteiger partial charge is 0.260 e. The number of hydrogen-bond acceptors (Lipinski definition) is 9. The van der Waals surface area contributed by atoms with E-state index in [2.05, 4.69) is 20.3 Å². The third kappa shape index (κ3) is 3.29. The second-order valence-corrected chi connectivity index (χ2v) is 6.43. The van der Waals surface area contributed by atoms with Gasteiger partial charge in [0.25, 0.3) is 5.91 Å². The Hall–Kier alpha value is -3.12. The van der Waals surface area contributed by atoms with Gasteiger partial charge in [-0.05, 0) is 12.1 Å². The van der Waals surface area contributed by atoms with Crippen molar-refractivity contribution in [3.63, 3.8) is 0 Å². The molecule has 4 N–H and O–H groups in total. The Kier molecular flexibility index (Phi) is 5.11. The molecule has 1 saturated heterocycles. The number of aromatic nitrogens is 4. The fourth-order valence-corrected chi connectivity index (χ4v) is 3.25. The van der Waals surface area contributed by atoms with Gasteiger partial charge in [-0.25, -0.2) is 15.0 Å². The fraction of sp³-hybridized carbons (Fsp3) is 0.333. The van der Waals surface area contributed by atoms with E-state index in [0.717, 1.165) is 0 Å². The van der Waals surface area contributed by atoms with E-state index in [1.807, 2.05) is 0 Å². The lowest BCUT2D eigenvalue weighted by atomic mass is 10.1. The highest BCUT2D eigenvalue weighted by molar-refractivity contribution is 6.08. The Balaban J connectivity index is 1.66. The standard InChI is InChI=1S/C18H19N5O6/c1-28-10-5-3-2-4-9(10)17(27)22-15-12-16(20-7-19-15)23(8-21-12)18-14(26)13(25)11(6-24)29-18/h2-5,7-8,11,13-14,18,24-26H,6H2,1H3,(H,19,20,22,27)/t11-,13-,14-,18-/m1/s1. The number of carbonyl (C=O) groups is 1. The van der Waals surface area contributed by atoms with E-state index in [4.69, 9.17) is 9.47 Å². The van der Waals surface area contributed by atoms with Crippen LogP contribution >= 0.6 is 0 Å². The molecule has 2 aromatic heterocycles. The van der Waals surface area contributed by atoms with E-state index >= 15 is 0 Å². The highest BCUT2D eigenvalue weighted by atomic mass is 16.6. The number of fused-ring (bicyclic) bond motifs is 1. The SMILES string of the molecule is COc1ccccc1C(=O)Nc1ncnc2c1ncn2[C@@H]1O[C@H](CO)[C@@H](O)[C@H]1O. The van der Waals surface area contributed by atoms with Gasteiger partial charge in [0.2, 0.25) is 0 Å². The molecule has 1 aliphatic rings. The van der Waals surface area contributed by atoms with Gasteiger partial charge in [0.15, 0.2) is 23.2 Å². The van der Waals surface area contributed by atoms with Gasteiger partial charge in [0.1, 0.15) is 30.4 Å². The van der Waals surface area contributed by atoms with Crippen LogP contribution in [-0.4, -0.2) is 72.8 Å². The summed E-state index contributed by atoms with van der Waals surface area (Å²) >= 11 is 0. The maximum atomic E-state index is 12.7. The highest BCUT2D eigenvalue weighted by Gasteiger charge is 2.44. The number of hydrogen-bond donors (Lipinski definition) is 4. The van der Waals surface area contributed by atoms with Gasteiger partial charge >= 0.3 is 0 Å². The summed E-state index contributed by atoms with van der Waals surface area (Å²) in [6, 6.07) is 6.75. The molecule has 3 aromatic rings. The van der Waals surface area contributed by atoms with E-state index in [9.17, 15) is 20.1 Å². The van der Waals surface area contributed by atoms with Crippen LogP contribution in [0.15, 0.2) is 36.9 Å². The normalized spacial score (nSPS) is 24.0. The Morgan fingerprint density at radius 2 is 2.03 bits per heavy atom. The molecule has 1 aromatic carbocycles. The molecular formula is C18H19N5O6. The molecule has 4 rings (SSSR count). The Morgan fingerprint density at radius 1 is 1.24 bits per heavy atom. The third-order valence-electron chi connectivity index (χ3n) is 4.73. The summed E-state index contributed by atoms with van der Waals surface area (Å²) in [6.45, 7) is -0.448. The summed E-state index contributed by atoms with van der Waals surface area (Å²) in [5.41, 5.74) is 0.878. The summed E-state index contributed by atoms with van der Waals surface area (Å²) in [5, 5.41) is 32.2. The lowest BCUT2D eigenvalue weighted by molar-refractivity contribution is -0.0511. The second kappa shape index (κ2) is 7.72. The number of aliphatic hydroxyl groups is 3. The first-order valence-corrected chi connectivity index (χ1v) is 8.79. The minimum absolute atomic E-state index is 0.163. The average Bonchev–Trinajstić information content (AvgIpc) is 3.30. The van der Waals surface area contributed by atoms with Crippen molar-refractivity contribution in [2.45, 2.75) is 24.5 Å². The number of amides is 1. The van der Waals surface area contributed by atoms with E-state index in [-0.39, 0.29) is 17.0 Å². The lowest BCUT2D eigenvalue weighted by Crippen LogP contribution is -2.33. The number of rotatable bonds is 5. The largest absolute Gasteiger partial charge is 0.496 e. The van der Waals surface area contributed by atoms with Crippen LogP contribution in [0.2, 0.25) is 0 Å². The van der Waals surface area contributed by atoms with Crippen LogP contribution in [0.1, 0.15) is 16.6 Å². The summed E-state index contributed by atoms with van der Waals surface area (Å²) in [4.78, 5) is 25.1. The first kappa shape index (κ1) is 19.2. The number of methoxy groups -OCH3 is 1. The molecule has 11 nitrogen and oxygen atoms in total. The lowest BCUT2D eigenvalue weighted by Gasteiger charge is -2.16. The highest BCUT2D eigenvalue weighted by Crippen LogP contribution is 2.32. The van der Waals surface area contributed by atoms with Crippen molar-refractivity contribution in [2.75, 3.05) is 19.0 Å². The molecule has 0 aliphatic carbocycles. The number of nitrogens with zero attached hydrogens (tertiary/aromatic N) is 4. The van der Waals surface area contributed by atoms with Crippen molar-refractivity contribution in [1.82, 2.24) is 19.5 Å². The van der Waals surface area contributed by atoms with Crippen LogP contribution in [0, 0.1) is 0 Å². The summed E-state index contributed by atoms with van der Waals surface area (Å²) in [6.07, 6.45) is -1.88. The van der Waals surface area contributed by atoms with Gasteiger partial charge in [-0.15, -0.1) is 0 Å². The zero-order chi connectivity index (χ0) is 20.5. The molecule has 0 bridgehead atoms. The molecule has 152 valence electrons. The maximum Gasteiger partial charge on any atom is 0.260 e. The van der Waals surface area contributed by atoms with Gasteiger partial charge < -0.3 is 30.1 Å². The fourth-order valence-electron chi connectivity index (χ4n) is 3.25. The van der Waals surface area contributed by atoms with Crippen molar-refractivity contribution < 1.29 is 29.6 Å². The van der Waals surface area contributed by atoms with Crippen LogP contribution in [0.4, 0.5) is 5.82 Å². The predicted octanol–water partition coefficient (Wildman–Crippen LogP) is -0.301. The van der Waals surface area contributed by atoms with Crippen molar-refractivity contribution in [2.24, 2.45) is 0 Å². The predicted molar refractivity (Wildman–Crippen MR) is 99.3 cm³/mol. The first-order chi connectivity index (χ1) is 14.0. The minimum atomic E-state index is -1.29. The molecule has 0 unspecified atom stereocenters. The van der Waals surface area contributed by atoms with Gasteiger partial charge in [-0.1, -0.05) is 12.1 Å². The van der Waals surface area contributed by atoms with Crippen molar-refractivity contribution >= 4 is 22.9 Å². The molecule has 1 amide bonds. The van der Waals surface area contributed by atoms with Gasteiger partial charge in [-0.3, -0.25) is 9.36 Å². The Labute approximate surface area is 164 Å². The van der Waals surface area contributed by atoms with E-state index in [1.54, 1.807) is 24.3 Å². The number of para-hydroxylation sites is 1. The van der Waals surface area contributed by atoms with Crippen LogP contribution in [-0.2, 0) is 4.74 Å². The monoisotopic (exact) mass is 401 g/mol. The number of aliphatic hydroxyl groups excluding tert-OH is 3. The quantitative estimate of drug-likeness (QED) is 0.451. The van der Waals surface area contributed by atoms with E-state index in [1.165, 1.54) is 24.3 Å². The van der Waals surface area contributed by atoms with Crippen molar-refractivity contribution in [1.29, 1.82) is 0 Å². The number of benzene rings is 1. The Morgan fingerprint density at radius 3 is 2.76 bits per heavy atom. The van der Waals surface area contributed by atoms with Gasteiger partial charge in [-0.2, -0.15) is 0 Å². The summed E-state index contributed by atoms with van der Waals surface area (Å²) < 4.78 is 12.1. The topological polar surface area (TPSA) is 152 Å². The summed E-state index contributed by atoms with van der Waals surface area (Å²) in [7, 11) is 1.47. The van der Waals surface area contributed by atoms with Crippen LogP contribution < -0.4 is 10.1 Å². The zero-order valence-electron chi connectivity index (χ0n) is 15.3. The number of anilines is 1. The molecule has 11 heteroatoms. The number of carbonyl (C=O) groups excluding carboxylic acids is 1. The van der Waals surface area contributed by atoms with Crippen LogP contribution in [0.5, 0.6) is 5.75 Å². The molecule has 1 fully saturated rings. The second-order valence-electron chi connectivity index (χ2n) is 6.43. The number of nitrogens with one attached hydrogen (secondary N) is 1. The average molecular weight is 401 g/mol. The maximum absolute atomic E-state index is 12.7. The van der Waals surface area contributed by atoms with Crippen molar-refractivity contribution in [3.8, 4) is 5.75 Å². The van der Waals surface area contributed by atoms with Crippen molar-refractivity contribution in [3.05, 3.63) is 42.5 Å².